The van der Waals surface area contributed by atoms with Crippen LogP contribution in [0.2, 0.25) is 0 Å². The molecule has 170 valence electrons. The number of anilines is 1. The Morgan fingerprint density at radius 3 is 2.72 bits per heavy atom. The lowest BCUT2D eigenvalue weighted by atomic mass is 9.77. The third kappa shape index (κ3) is 4.59. The van der Waals surface area contributed by atoms with Crippen molar-refractivity contribution in [3.63, 3.8) is 0 Å². The van der Waals surface area contributed by atoms with Crippen molar-refractivity contribution in [3.8, 4) is 0 Å². The number of aromatic nitrogens is 3. The normalized spacial score (nSPS) is 21.5. The van der Waals surface area contributed by atoms with Gasteiger partial charge in [0, 0.05) is 55.3 Å². The second-order valence-electron chi connectivity index (χ2n) is 8.90. The number of carbonyl (C=O) groups excluding carboxylic acids is 1. The van der Waals surface area contributed by atoms with E-state index in [0.29, 0.717) is 12.3 Å². The summed E-state index contributed by atoms with van der Waals surface area (Å²) in [6.07, 6.45) is 10.9. The average molecular weight is 438 g/mol. The lowest BCUT2D eigenvalue weighted by Gasteiger charge is -2.40. The number of rotatable bonds is 5. The highest BCUT2D eigenvalue weighted by atomic mass is 16.3. The van der Waals surface area contributed by atoms with Gasteiger partial charge in [0.1, 0.15) is 11.6 Å². The van der Waals surface area contributed by atoms with Crippen LogP contribution in [-0.4, -0.2) is 50.4 Å². The Hall–Kier alpha value is -3.03. The van der Waals surface area contributed by atoms with Gasteiger partial charge < -0.3 is 15.3 Å². The number of piperidine rings is 1. The molecule has 5 rings (SSSR count). The summed E-state index contributed by atoms with van der Waals surface area (Å²) in [6, 6.07) is 4.07. The predicted molar refractivity (Wildman–Crippen MR) is 120 cm³/mol. The summed E-state index contributed by atoms with van der Waals surface area (Å²) >= 11 is 0. The topological polar surface area (TPSA) is 108 Å². The molecule has 1 unspecified atom stereocenters. The predicted octanol–water partition coefficient (Wildman–Crippen LogP) is 3.28. The van der Waals surface area contributed by atoms with E-state index in [1.165, 1.54) is 29.7 Å². The highest BCUT2D eigenvalue weighted by Crippen LogP contribution is 2.48. The zero-order valence-electron chi connectivity index (χ0n) is 18.6. The van der Waals surface area contributed by atoms with Crippen LogP contribution in [0.4, 0.5) is 5.82 Å². The van der Waals surface area contributed by atoms with E-state index in [2.05, 4.69) is 15.2 Å². The van der Waals surface area contributed by atoms with Crippen LogP contribution < -0.4 is 5.32 Å². The van der Waals surface area contributed by atoms with Crippen LogP contribution in [-0.2, 0) is 28.0 Å². The first kappa shape index (κ1) is 22.2. The molecule has 2 aromatic rings. The van der Waals surface area contributed by atoms with Crippen molar-refractivity contribution in [1.82, 2.24) is 19.9 Å². The van der Waals surface area contributed by atoms with Crippen molar-refractivity contribution in [2.45, 2.75) is 69.7 Å². The maximum Gasteiger partial charge on any atom is 0.290 e. The van der Waals surface area contributed by atoms with Crippen molar-refractivity contribution in [2.24, 2.45) is 0 Å². The Morgan fingerprint density at radius 2 is 2.03 bits per heavy atom. The molecule has 1 spiro atoms. The van der Waals surface area contributed by atoms with E-state index < -0.39 is 0 Å². The van der Waals surface area contributed by atoms with Crippen LogP contribution in [0.25, 0.3) is 0 Å². The number of nitrogens with zero attached hydrogens (tertiary/aromatic N) is 4. The summed E-state index contributed by atoms with van der Waals surface area (Å²) in [4.78, 5) is 37.0. The van der Waals surface area contributed by atoms with Crippen molar-refractivity contribution < 1.29 is 14.7 Å². The molecule has 32 heavy (non-hydrogen) atoms. The van der Waals surface area contributed by atoms with Gasteiger partial charge in [-0.15, -0.1) is 0 Å². The molecule has 1 aliphatic heterocycles. The zero-order valence-corrected chi connectivity index (χ0v) is 18.6. The minimum Gasteiger partial charge on any atom is -0.483 e. The number of carbonyl (C=O) groups is 2. The van der Waals surface area contributed by atoms with Crippen LogP contribution in [0.1, 0.15) is 74.0 Å². The number of pyridine rings is 1. The summed E-state index contributed by atoms with van der Waals surface area (Å²) in [5.41, 5.74) is 3.71. The lowest BCUT2D eigenvalue weighted by Crippen LogP contribution is -2.47. The summed E-state index contributed by atoms with van der Waals surface area (Å²) in [6.45, 7) is 4.15. The third-order valence-electron chi connectivity index (χ3n) is 6.76. The molecular weight excluding hydrogens is 406 g/mol. The van der Waals surface area contributed by atoms with E-state index in [9.17, 15) is 4.79 Å². The molecule has 0 radical (unpaired) electrons. The Morgan fingerprint density at radius 1 is 1.28 bits per heavy atom. The summed E-state index contributed by atoms with van der Waals surface area (Å²) in [5, 5.41) is 10.5. The molecule has 1 amide bonds. The van der Waals surface area contributed by atoms with Crippen LogP contribution in [0.15, 0.2) is 24.5 Å². The van der Waals surface area contributed by atoms with Gasteiger partial charge in [-0.25, -0.2) is 9.97 Å². The molecule has 0 aromatic carbocycles. The first-order valence-corrected chi connectivity index (χ1v) is 11.5. The largest absolute Gasteiger partial charge is 0.483 e. The Bertz CT molecular complexity index is 964. The van der Waals surface area contributed by atoms with Gasteiger partial charge in [-0.2, -0.15) is 0 Å². The fourth-order valence-electron chi connectivity index (χ4n) is 4.98. The molecule has 2 aromatic heterocycles. The van der Waals surface area contributed by atoms with E-state index in [1.54, 1.807) is 0 Å². The van der Waals surface area contributed by atoms with Crippen molar-refractivity contribution in [2.75, 3.05) is 18.4 Å². The van der Waals surface area contributed by atoms with E-state index >= 15 is 0 Å². The molecule has 2 fully saturated rings. The Balaban J connectivity index is 0.000000775. The average Bonchev–Trinajstić information content (AvgIpc) is 3.62. The molecule has 2 aliphatic carbocycles. The van der Waals surface area contributed by atoms with Gasteiger partial charge in [0.05, 0.1) is 5.69 Å². The van der Waals surface area contributed by atoms with Gasteiger partial charge in [-0.1, -0.05) is 6.92 Å². The zero-order chi connectivity index (χ0) is 22.6. The molecular formula is C24H31N5O3. The highest BCUT2D eigenvalue weighted by Gasteiger charge is 2.46. The minimum absolute atomic E-state index is 0.0120. The highest BCUT2D eigenvalue weighted by molar-refractivity contribution is 5.76. The Labute approximate surface area is 188 Å². The first-order valence-electron chi connectivity index (χ1n) is 11.5. The van der Waals surface area contributed by atoms with Crippen molar-refractivity contribution in [3.05, 3.63) is 47.2 Å². The molecule has 0 bridgehead atoms. The number of fused-ring (bicyclic) bond motifs is 2. The number of carboxylic acid groups (broad SMARTS) is 1. The van der Waals surface area contributed by atoms with Gasteiger partial charge in [-0.05, 0) is 56.2 Å². The maximum atomic E-state index is 12.4. The number of hydrogen-bond acceptors (Lipinski definition) is 6. The maximum absolute atomic E-state index is 12.4. The second-order valence-corrected chi connectivity index (χ2v) is 8.90. The smallest absolute Gasteiger partial charge is 0.290 e. The number of likely N-dealkylation sites (tertiary alicyclic amines) is 1. The van der Waals surface area contributed by atoms with Crippen LogP contribution >= 0.6 is 0 Å². The molecule has 3 aliphatic rings. The first-order chi connectivity index (χ1) is 15.6. The lowest BCUT2D eigenvalue weighted by molar-refractivity contribution is -0.133. The fourth-order valence-corrected chi connectivity index (χ4v) is 4.98. The van der Waals surface area contributed by atoms with Gasteiger partial charge in [0.25, 0.3) is 6.47 Å². The standard InChI is InChI=1S/C23H29N5O.CH2O2/c1-2-19(29)28-13-3-9-23(15-28)10-6-18-20(23)26-21(17-4-5-17)27-22(18)25-14-16-7-11-24-12-8-16;2-1-3/h7-8,11-12,17H,2-6,9-10,13-15H2,1H3,(H,25,26,27);1H,(H,2,3). The Kier molecular flexibility index (Phi) is 6.67. The molecule has 1 saturated heterocycles. The molecule has 8 heteroatoms. The minimum atomic E-state index is -0.250. The van der Waals surface area contributed by atoms with Gasteiger partial charge in [-0.3, -0.25) is 14.6 Å². The van der Waals surface area contributed by atoms with E-state index in [1.807, 2.05) is 31.5 Å². The van der Waals surface area contributed by atoms with Crippen LogP contribution in [0, 0.1) is 0 Å². The molecule has 1 atom stereocenters. The van der Waals surface area contributed by atoms with Crippen molar-refractivity contribution >= 4 is 18.2 Å². The number of nitrogens with one attached hydrogen (secondary N) is 1. The molecule has 3 heterocycles. The van der Waals surface area contributed by atoms with Crippen LogP contribution in [0.3, 0.4) is 0 Å². The summed E-state index contributed by atoms with van der Waals surface area (Å²) in [7, 11) is 0. The molecule has 8 nitrogen and oxygen atoms in total. The second kappa shape index (κ2) is 9.63. The number of hydrogen-bond donors (Lipinski definition) is 2. The van der Waals surface area contributed by atoms with Crippen molar-refractivity contribution in [1.29, 1.82) is 0 Å². The van der Waals surface area contributed by atoms with Gasteiger partial charge >= 0.3 is 0 Å². The SMILES string of the molecule is CCC(=O)N1CCCC2(CCc3c(NCc4ccncc4)nc(C4CC4)nc32)C1.O=CO. The summed E-state index contributed by atoms with van der Waals surface area (Å²) in [5.74, 6) is 2.78. The third-order valence-corrected chi connectivity index (χ3v) is 6.76. The van der Waals surface area contributed by atoms with Gasteiger partial charge in [0.15, 0.2) is 0 Å². The van der Waals surface area contributed by atoms with Gasteiger partial charge in [0.2, 0.25) is 5.91 Å². The molecule has 1 saturated carbocycles. The van der Waals surface area contributed by atoms with E-state index in [4.69, 9.17) is 19.9 Å². The fraction of sp³-hybridized carbons (Fsp3) is 0.542. The monoisotopic (exact) mass is 437 g/mol. The summed E-state index contributed by atoms with van der Waals surface area (Å²) < 4.78 is 0. The molecule has 2 N–H and O–H groups in total. The number of amides is 1. The van der Waals surface area contributed by atoms with Crippen LogP contribution in [0.5, 0.6) is 0 Å². The van der Waals surface area contributed by atoms with E-state index in [-0.39, 0.29) is 17.8 Å². The van der Waals surface area contributed by atoms with E-state index in [0.717, 1.165) is 57.0 Å². The quantitative estimate of drug-likeness (QED) is 0.691.